The predicted molar refractivity (Wildman–Crippen MR) is 121 cm³/mol. The van der Waals surface area contributed by atoms with E-state index in [0.717, 1.165) is 29.6 Å². The minimum atomic E-state index is -3.04. The average molecular weight is 514 g/mol. The number of halogens is 1. The van der Waals surface area contributed by atoms with Gasteiger partial charge in [0.15, 0.2) is 15.8 Å². The molecule has 9 heteroatoms. The maximum atomic E-state index is 12.1. The highest BCUT2D eigenvalue weighted by atomic mass is 127. The normalized spacial score (nSPS) is 19.8. The third-order valence-electron chi connectivity index (χ3n) is 4.50. The summed E-state index contributed by atoms with van der Waals surface area (Å²) in [5.41, 5.74) is 1.20. The maximum Gasteiger partial charge on any atom is 0.193 e. The standard InChI is InChI=1S/C17H30N4O2S2.HI/c1-16(2,3)13-11-24-14(20-13)7-8-19-15(18-6)21-9-10-25(22,23)17(4,5)12-21;/h11H,7-10,12H2,1-6H3,(H,18,19);1H. The van der Waals surface area contributed by atoms with Gasteiger partial charge in [0.2, 0.25) is 0 Å². The summed E-state index contributed by atoms with van der Waals surface area (Å²) in [6, 6.07) is 0. The Morgan fingerprint density at radius 2 is 2.08 bits per heavy atom. The quantitative estimate of drug-likeness (QED) is 0.382. The molecule has 0 saturated carbocycles. The second-order valence-electron chi connectivity index (χ2n) is 8.10. The van der Waals surface area contributed by atoms with Crippen molar-refractivity contribution in [2.45, 2.75) is 51.2 Å². The SMILES string of the molecule is CN=C(NCCc1nc(C(C)(C)C)cs1)N1CCS(=O)(=O)C(C)(C)C1.I. The van der Waals surface area contributed by atoms with Crippen LogP contribution < -0.4 is 5.32 Å². The Morgan fingerprint density at radius 1 is 1.42 bits per heavy atom. The first-order valence-corrected chi connectivity index (χ1v) is 11.1. The fraction of sp³-hybridized carbons (Fsp3) is 0.765. The number of nitrogens with zero attached hydrogens (tertiary/aromatic N) is 3. The molecule has 1 fully saturated rings. The van der Waals surface area contributed by atoms with Crippen molar-refractivity contribution < 1.29 is 8.42 Å². The molecule has 0 aromatic carbocycles. The largest absolute Gasteiger partial charge is 0.356 e. The van der Waals surface area contributed by atoms with Crippen LogP contribution in [0.2, 0.25) is 0 Å². The number of guanidine groups is 1. The fourth-order valence-corrected chi connectivity index (χ4v) is 5.10. The minimum absolute atomic E-state index is 0. The van der Waals surface area contributed by atoms with Gasteiger partial charge in [-0.15, -0.1) is 35.3 Å². The molecule has 0 unspecified atom stereocenters. The Labute approximate surface area is 178 Å². The van der Waals surface area contributed by atoms with Crippen molar-refractivity contribution in [3.05, 3.63) is 16.1 Å². The highest BCUT2D eigenvalue weighted by Crippen LogP contribution is 2.25. The van der Waals surface area contributed by atoms with E-state index in [4.69, 9.17) is 4.98 Å². The molecule has 0 amide bonds. The Balaban J connectivity index is 0.00000338. The molecule has 150 valence electrons. The lowest BCUT2D eigenvalue weighted by atomic mass is 9.93. The first-order chi connectivity index (χ1) is 11.5. The van der Waals surface area contributed by atoms with Gasteiger partial charge in [-0.05, 0) is 13.8 Å². The predicted octanol–water partition coefficient (Wildman–Crippen LogP) is 2.69. The third-order valence-corrected chi connectivity index (χ3v) is 7.94. The van der Waals surface area contributed by atoms with Gasteiger partial charge >= 0.3 is 0 Å². The summed E-state index contributed by atoms with van der Waals surface area (Å²) in [6.45, 7) is 11.7. The molecule has 2 heterocycles. The van der Waals surface area contributed by atoms with E-state index < -0.39 is 14.6 Å². The molecule has 1 saturated heterocycles. The number of hydrogen-bond donors (Lipinski definition) is 1. The number of thiazole rings is 1. The first-order valence-electron chi connectivity index (χ1n) is 8.59. The Hall–Kier alpha value is -0.420. The van der Waals surface area contributed by atoms with Gasteiger partial charge in [0, 0.05) is 43.9 Å². The van der Waals surface area contributed by atoms with Gasteiger partial charge in [-0.3, -0.25) is 4.99 Å². The summed E-state index contributed by atoms with van der Waals surface area (Å²) in [6.07, 6.45) is 0.829. The molecule has 0 radical (unpaired) electrons. The number of hydrogen-bond acceptors (Lipinski definition) is 5. The minimum Gasteiger partial charge on any atom is -0.356 e. The maximum absolute atomic E-state index is 12.1. The van der Waals surface area contributed by atoms with E-state index in [0.29, 0.717) is 13.1 Å². The molecule has 1 N–H and O–H groups in total. The molecule has 0 bridgehead atoms. The number of sulfone groups is 1. The molecule has 0 aliphatic carbocycles. The van der Waals surface area contributed by atoms with Crippen molar-refractivity contribution in [1.82, 2.24) is 15.2 Å². The first kappa shape index (κ1) is 23.6. The number of aromatic nitrogens is 1. The van der Waals surface area contributed by atoms with Crippen LogP contribution in [-0.2, 0) is 21.7 Å². The van der Waals surface area contributed by atoms with E-state index in [1.165, 1.54) is 0 Å². The molecule has 26 heavy (non-hydrogen) atoms. The van der Waals surface area contributed by atoms with E-state index in [9.17, 15) is 8.42 Å². The van der Waals surface area contributed by atoms with Gasteiger partial charge in [0.05, 0.1) is 21.2 Å². The van der Waals surface area contributed by atoms with Gasteiger partial charge in [-0.2, -0.15) is 0 Å². The van der Waals surface area contributed by atoms with E-state index in [1.807, 2.05) is 4.90 Å². The van der Waals surface area contributed by atoms with Crippen LogP contribution in [-0.4, -0.2) is 61.4 Å². The monoisotopic (exact) mass is 514 g/mol. The zero-order chi connectivity index (χ0) is 18.9. The van der Waals surface area contributed by atoms with Gasteiger partial charge in [0.25, 0.3) is 0 Å². The number of aliphatic imine (C=N–C) groups is 1. The second-order valence-corrected chi connectivity index (χ2v) is 11.8. The van der Waals surface area contributed by atoms with Crippen molar-refractivity contribution in [1.29, 1.82) is 0 Å². The van der Waals surface area contributed by atoms with Crippen LogP contribution in [0.4, 0.5) is 0 Å². The summed E-state index contributed by atoms with van der Waals surface area (Å²) in [7, 11) is -1.31. The molecule has 0 spiro atoms. The molecule has 1 aliphatic heterocycles. The van der Waals surface area contributed by atoms with Gasteiger partial charge in [0.1, 0.15) is 0 Å². The topological polar surface area (TPSA) is 74.7 Å². The van der Waals surface area contributed by atoms with Crippen LogP contribution >= 0.6 is 35.3 Å². The summed E-state index contributed by atoms with van der Waals surface area (Å²) in [5.74, 6) is 0.929. The Kier molecular flexibility index (Phi) is 7.93. The molecular weight excluding hydrogens is 483 g/mol. The lowest BCUT2D eigenvalue weighted by Gasteiger charge is -2.39. The molecule has 0 atom stereocenters. The van der Waals surface area contributed by atoms with Crippen LogP contribution in [0.15, 0.2) is 10.4 Å². The van der Waals surface area contributed by atoms with E-state index in [2.05, 4.69) is 36.5 Å². The van der Waals surface area contributed by atoms with Crippen LogP contribution in [0.25, 0.3) is 0 Å². The van der Waals surface area contributed by atoms with Gasteiger partial charge in [-0.1, -0.05) is 20.8 Å². The zero-order valence-corrected chi connectivity index (χ0v) is 20.5. The molecule has 1 aliphatic rings. The molecule has 1 aromatic rings. The highest BCUT2D eigenvalue weighted by Gasteiger charge is 2.40. The lowest BCUT2D eigenvalue weighted by molar-refractivity contribution is 0.353. The van der Waals surface area contributed by atoms with Crippen molar-refractivity contribution in [3.8, 4) is 0 Å². The van der Waals surface area contributed by atoms with Crippen LogP contribution in [0.3, 0.4) is 0 Å². The fourth-order valence-electron chi connectivity index (χ4n) is 2.71. The smallest absolute Gasteiger partial charge is 0.193 e. The van der Waals surface area contributed by atoms with E-state index in [1.54, 1.807) is 32.2 Å². The van der Waals surface area contributed by atoms with Crippen LogP contribution in [0, 0.1) is 0 Å². The summed E-state index contributed by atoms with van der Waals surface area (Å²) in [4.78, 5) is 11.1. The second kappa shape index (κ2) is 8.72. The zero-order valence-electron chi connectivity index (χ0n) is 16.5. The number of rotatable bonds is 3. The third kappa shape index (κ3) is 5.54. The van der Waals surface area contributed by atoms with Crippen LogP contribution in [0.5, 0.6) is 0 Å². The molecular formula is C17H31IN4O2S2. The van der Waals surface area contributed by atoms with Gasteiger partial charge < -0.3 is 10.2 Å². The highest BCUT2D eigenvalue weighted by molar-refractivity contribution is 14.0. The van der Waals surface area contributed by atoms with Crippen LogP contribution in [0.1, 0.15) is 45.3 Å². The van der Waals surface area contributed by atoms with E-state index >= 15 is 0 Å². The van der Waals surface area contributed by atoms with E-state index in [-0.39, 0.29) is 35.1 Å². The molecule has 6 nitrogen and oxygen atoms in total. The Bertz CT molecular complexity index is 736. The van der Waals surface area contributed by atoms with Gasteiger partial charge in [-0.25, -0.2) is 13.4 Å². The molecule has 2 rings (SSSR count). The Morgan fingerprint density at radius 3 is 2.58 bits per heavy atom. The van der Waals surface area contributed by atoms with Crippen molar-refractivity contribution in [2.75, 3.05) is 32.4 Å². The van der Waals surface area contributed by atoms with Crippen molar-refractivity contribution >= 4 is 51.1 Å². The number of nitrogens with one attached hydrogen (secondary N) is 1. The average Bonchev–Trinajstić information content (AvgIpc) is 2.96. The summed E-state index contributed by atoms with van der Waals surface area (Å²) < 4.78 is 23.5. The van der Waals surface area contributed by atoms with Crippen molar-refractivity contribution in [3.63, 3.8) is 0 Å². The van der Waals surface area contributed by atoms with Crippen molar-refractivity contribution in [2.24, 2.45) is 4.99 Å². The summed E-state index contributed by atoms with van der Waals surface area (Å²) >= 11 is 1.69. The molecule has 1 aromatic heterocycles. The lowest BCUT2D eigenvalue weighted by Crippen LogP contribution is -2.57. The summed E-state index contributed by atoms with van der Waals surface area (Å²) in [5, 5.41) is 6.58.